The van der Waals surface area contributed by atoms with Crippen LogP contribution in [0.3, 0.4) is 0 Å². The number of hydrogen-bond donors (Lipinski definition) is 1. The number of rotatable bonds is 7. The number of carbonyl (C=O) groups is 1. The van der Waals surface area contributed by atoms with Crippen molar-refractivity contribution in [2.75, 3.05) is 49.5 Å². The van der Waals surface area contributed by atoms with Gasteiger partial charge < -0.3 is 15.0 Å². The Morgan fingerprint density at radius 3 is 2.74 bits per heavy atom. The molecule has 31 heavy (non-hydrogen) atoms. The average Bonchev–Trinajstić information content (AvgIpc) is 2.76. The summed E-state index contributed by atoms with van der Waals surface area (Å²) in [5, 5.41) is 4.09. The summed E-state index contributed by atoms with van der Waals surface area (Å²) in [6.45, 7) is 7.62. The third-order valence-electron chi connectivity index (χ3n) is 5.95. The van der Waals surface area contributed by atoms with Crippen molar-refractivity contribution in [2.45, 2.75) is 32.6 Å². The van der Waals surface area contributed by atoms with E-state index in [0.29, 0.717) is 34.8 Å². The van der Waals surface area contributed by atoms with E-state index in [1.54, 1.807) is 0 Å². The molecule has 0 saturated carbocycles. The van der Waals surface area contributed by atoms with Crippen molar-refractivity contribution in [1.82, 2.24) is 9.88 Å². The Morgan fingerprint density at radius 1 is 1.13 bits per heavy atom. The molecule has 0 aliphatic carbocycles. The van der Waals surface area contributed by atoms with E-state index in [1.807, 2.05) is 31.2 Å². The topological polar surface area (TPSA) is 57.7 Å². The van der Waals surface area contributed by atoms with Gasteiger partial charge in [-0.15, -0.1) is 0 Å². The number of carbonyl (C=O) groups excluding carboxylic acids is 1. The number of aryl methyl sites for hydroxylation is 1. The second-order valence-corrected chi connectivity index (χ2v) is 8.90. The lowest BCUT2D eigenvalue weighted by molar-refractivity contribution is -0.116. The van der Waals surface area contributed by atoms with Gasteiger partial charge in [0.05, 0.1) is 22.3 Å². The summed E-state index contributed by atoms with van der Waals surface area (Å²) in [5.74, 6) is 1.27. The Labute approximate surface area is 193 Å². The van der Waals surface area contributed by atoms with Crippen LogP contribution in [0, 0.1) is 6.92 Å². The van der Waals surface area contributed by atoms with Gasteiger partial charge in [0.1, 0.15) is 5.82 Å². The van der Waals surface area contributed by atoms with Crippen molar-refractivity contribution in [3.63, 3.8) is 0 Å². The van der Waals surface area contributed by atoms with Gasteiger partial charge in [0, 0.05) is 38.7 Å². The van der Waals surface area contributed by atoms with Crippen LogP contribution in [-0.4, -0.2) is 55.1 Å². The molecule has 8 heteroatoms. The molecule has 1 aromatic carbocycles. The van der Waals surface area contributed by atoms with Crippen LogP contribution in [0.4, 0.5) is 11.5 Å². The number of anilines is 2. The maximum atomic E-state index is 11.6. The molecule has 0 spiro atoms. The van der Waals surface area contributed by atoms with Crippen LogP contribution >= 0.6 is 23.2 Å². The molecule has 1 aromatic heterocycles. The number of unbranched alkanes of at least 4 members (excludes halogenated alkanes) is 1. The number of hydrogen-bond acceptors (Lipinski definition) is 5. The molecular weight excluding hydrogens is 435 g/mol. The number of pyridine rings is 1. The number of piperazine rings is 1. The third-order valence-corrected chi connectivity index (χ3v) is 6.76. The predicted molar refractivity (Wildman–Crippen MR) is 126 cm³/mol. The number of benzene rings is 1. The van der Waals surface area contributed by atoms with Gasteiger partial charge in [0.25, 0.3) is 0 Å². The Kier molecular flexibility index (Phi) is 7.20. The van der Waals surface area contributed by atoms with Crippen molar-refractivity contribution in [3.8, 4) is 5.88 Å². The van der Waals surface area contributed by atoms with Crippen LogP contribution in [0.1, 0.15) is 30.4 Å². The molecule has 166 valence electrons. The fourth-order valence-electron chi connectivity index (χ4n) is 4.16. The molecule has 2 aliphatic rings. The predicted octanol–water partition coefficient (Wildman–Crippen LogP) is 4.56. The highest BCUT2D eigenvalue weighted by molar-refractivity contribution is 6.43. The minimum atomic E-state index is 0.0225. The fraction of sp³-hybridized carbons (Fsp3) is 0.478. The first kappa shape index (κ1) is 22.2. The molecule has 2 aliphatic heterocycles. The van der Waals surface area contributed by atoms with Crippen LogP contribution in [0.15, 0.2) is 24.3 Å². The smallest absolute Gasteiger partial charge is 0.225 e. The molecule has 0 unspecified atom stereocenters. The lowest BCUT2D eigenvalue weighted by Crippen LogP contribution is -2.46. The molecule has 0 atom stereocenters. The van der Waals surface area contributed by atoms with Crippen molar-refractivity contribution in [3.05, 3.63) is 45.4 Å². The van der Waals surface area contributed by atoms with Crippen LogP contribution in [0.5, 0.6) is 5.88 Å². The van der Waals surface area contributed by atoms with Gasteiger partial charge in [-0.3, -0.25) is 9.69 Å². The molecule has 1 N–H and O–H groups in total. The second-order valence-electron chi connectivity index (χ2n) is 8.11. The maximum absolute atomic E-state index is 11.6. The summed E-state index contributed by atoms with van der Waals surface area (Å²) in [6.07, 6.45) is 3.30. The molecule has 0 bridgehead atoms. The van der Waals surface area contributed by atoms with Gasteiger partial charge in [-0.05, 0) is 56.0 Å². The van der Waals surface area contributed by atoms with Crippen LogP contribution < -0.4 is 15.0 Å². The Morgan fingerprint density at radius 2 is 1.94 bits per heavy atom. The average molecular weight is 463 g/mol. The van der Waals surface area contributed by atoms with E-state index in [9.17, 15) is 4.79 Å². The van der Waals surface area contributed by atoms with Crippen LogP contribution in [-0.2, 0) is 11.2 Å². The molecule has 1 saturated heterocycles. The minimum Gasteiger partial charge on any atom is -0.478 e. The van der Waals surface area contributed by atoms with E-state index < -0.39 is 0 Å². The second kappa shape index (κ2) is 10.1. The number of nitrogens with zero attached hydrogens (tertiary/aromatic N) is 3. The van der Waals surface area contributed by atoms with Crippen molar-refractivity contribution in [2.24, 2.45) is 0 Å². The van der Waals surface area contributed by atoms with E-state index in [4.69, 9.17) is 27.9 Å². The lowest BCUT2D eigenvalue weighted by Gasteiger charge is -2.36. The third kappa shape index (κ3) is 5.43. The summed E-state index contributed by atoms with van der Waals surface area (Å²) >= 11 is 12.5. The van der Waals surface area contributed by atoms with E-state index in [0.717, 1.165) is 68.8 Å². The van der Waals surface area contributed by atoms with Gasteiger partial charge in [-0.25, -0.2) is 0 Å². The summed E-state index contributed by atoms with van der Waals surface area (Å²) in [5.41, 5.74) is 3.26. The molecule has 6 nitrogen and oxygen atoms in total. The summed E-state index contributed by atoms with van der Waals surface area (Å²) in [4.78, 5) is 20.9. The normalized spacial score (nSPS) is 16.7. The Bertz CT molecular complexity index is 945. The van der Waals surface area contributed by atoms with Gasteiger partial charge in [0.2, 0.25) is 11.8 Å². The highest BCUT2D eigenvalue weighted by atomic mass is 35.5. The van der Waals surface area contributed by atoms with Gasteiger partial charge in [-0.2, -0.15) is 4.98 Å². The molecule has 2 aromatic rings. The number of amides is 1. The van der Waals surface area contributed by atoms with Crippen molar-refractivity contribution >= 4 is 40.6 Å². The van der Waals surface area contributed by atoms with E-state index in [-0.39, 0.29) is 5.91 Å². The van der Waals surface area contributed by atoms with E-state index in [1.165, 1.54) is 0 Å². The largest absolute Gasteiger partial charge is 0.478 e. The fourth-order valence-corrected chi connectivity index (χ4v) is 4.57. The number of aromatic nitrogens is 1. The zero-order valence-electron chi connectivity index (χ0n) is 17.8. The first-order valence-corrected chi connectivity index (χ1v) is 11.6. The molecule has 0 radical (unpaired) electrons. The molecule has 4 rings (SSSR count). The maximum Gasteiger partial charge on any atom is 0.225 e. The summed E-state index contributed by atoms with van der Waals surface area (Å²) in [7, 11) is 0. The SMILES string of the molecule is Cc1cc(OCCCCN2CCN(c3cccc(Cl)c3Cl)CC2)nc2c1CCC(=O)N2. The zero-order chi connectivity index (χ0) is 21.8. The Hall–Kier alpha value is -2.02. The zero-order valence-corrected chi connectivity index (χ0v) is 19.3. The van der Waals surface area contributed by atoms with E-state index in [2.05, 4.69) is 20.1 Å². The first-order chi connectivity index (χ1) is 15.0. The molecule has 3 heterocycles. The number of ether oxygens (including phenoxy) is 1. The molecule has 1 fully saturated rings. The summed E-state index contributed by atoms with van der Waals surface area (Å²) in [6, 6.07) is 7.77. The molecular formula is C23H28Cl2N4O2. The monoisotopic (exact) mass is 462 g/mol. The van der Waals surface area contributed by atoms with Crippen molar-refractivity contribution in [1.29, 1.82) is 0 Å². The Balaban J connectivity index is 1.18. The standard InChI is InChI=1S/C23H28Cl2N4O2/c1-16-15-21(27-23-17(16)7-8-20(30)26-23)31-14-3-2-9-28-10-12-29(13-11-28)19-6-4-5-18(24)22(19)25/h4-6,15H,2-3,7-14H2,1H3,(H,26,27,30). The number of nitrogens with one attached hydrogen (secondary N) is 1. The van der Waals surface area contributed by atoms with Gasteiger partial charge >= 0.3 is 0 Å². The van der Waals surface area contributed by atoms with Crippen LogP contribution in [0.25, 0.3) is 0 Å². The number of halogens is 2. The summed E-state index contributed by atoms with van der Waals surface area (Å²) < 4.78 is 5.86. The minimum absolute atomic E-state index is 0.0225. The van der Waals surface area contributed by atoms with Crippen molar-refractivity contribution < 1.29 is 9.53 Å². The highest BCUT2D eigenvalue weighted by Gasteiger charge is 2.20. The number of fused-ring (bicyclic) bond motifs is 1. The van der Waals surface area contributed by atoms with Crippen LogP contribution in [0.2, 0.25) is 10.0 Å². The lowest BCUT2D eigenvalue weighted by atomic mass is 10.0. The quantitative estimate of drug-likeness (QED) is 0.610. The van der Waals surface area contributed by atoms with Gasteiger partial charge in [0.15, 0.2) is 0 Å². The van der Waals surface area contributed by atoms with Gasteiger partial charge in [-0.1, -0.05) is 29.3 Å². The first-order valence-electron chi connectivity index (χ1n) is 10.9. The van der Waals surface area contributed by atoms with E-state index >= 15 is 0 Å². The molecule has 1 amide bonds. The highest BCUT2D eigenvalue weighted by Crippen LogP contribution is 2.33.